The number of oxazole rings is 2. The van der Waals surface area contributed by atoms with Crippen LogP contribution >= 0.6 is 0 Å². The van der Waals surface area contributed by atoms with E-state index in [2.05, 4.69) is 16.9 Å². The van der Waals surface area contributed by atoms with Gasteiger partial charge in [0.05, 0.1) is 24.9 Å². The third-order valence-corrected chi connectivity index (χ3v) is 6.31. The van der Waals surface area contributed by atoms with Crippen LogP contribution in [0.5, 0.6) is 0 Å². The number of rotatable bonds is 20. The van der Waals surface area contributed by atoms with E-state index in [9.17, 15) is 20.1 Å². The first kappa shape index (κ1) is 30.0. The molecule has 2 heterocycles. The van der Waals surface area contributed by atoms with E-state index in [0.717, 1.165) is 12.8 Å². The van der Waals surface area contributed by atoms with Gasteiger partial charge in [-0.3, -0.25) is 4.79 Å². The first-order valence-electron chi connectivity index (χ1n) is 13.5. The number of esters is 1. The summed E-state index contributed by atoms with van der Waals surface area (Å²) < 4.78 is 16.2. The molecule has 9 heteroatoms. The summed E-state index contributed by atoms with van der Waals surface area (Å²) in [7, 11) is 0. The van der Waals surface area contributed by atoms with Crippen LogP contribution in [0.3, 0.4) is 0 Å². The van der Waals surface area contributed by atoms with Crippen LogP contribution < -0.4 is 0 Å². The maximum atomic E-state index is 12.4. The lowest BCUT2D eigenvalue weighted by molar-refractivity contribution is -0.162. The van der Waals surface area contributed by atoms with Crippen LogP contribution in [0.4, 0.5) is 0 Å². The number of aliphatic hydroxyl groups is 3. The van der Waals surface area contributed by atoms with Gasteiger partial charge in [0.1, 0.15) is 24.1 Å². The van der Waals surface area contributed by atoms with Crippen molar-refractivity contribution in [3.8, 4) is 0 Å². The fraction of sp³-hybridized carbons (Fsp3) is 0.741. The van der Waals surface area contributed by atoms with E-state index in [1.54, 1.807) is 6.20 Å². The van der Waals surface area contributed by atoms with Gasteiger partial charge in [-0.25, -0.2) is 9.97 Å². The van der Waals surface area contributed by atoms with Crippen LogP contribution in [0.25, 0.3) is 0 Å². The molecular formula is C27H44N2O7. The van der Waals surface area contributed by atoms with Crippen LogP contribution in [-0.4, -0.2) is 49.6 Å². The third-order valence-electron chi connectivity index (χ3n) is 6.31. The van der Waals surface area contributed by atoms with Crippen LogP contribution in [0.1, 0.15) is 121 Å². The zero-order chi connectivity index (χ0) is 26.2. The second-order valence-corrected chi connectivity index (χ2v) is 9.60. The molecule has 0 saturated carbocycles. The monoisotopic (exact) mass is 508 g/mol. The molecule has 0 aliphatic rings. The van der Waals surface area contributed by atoms with Crippen molar-refractivity contribution in [3.63, 3.8) is 0 Å². The van der Waals surface area contributed by atoms with Gasteiger partial charge in [-0.2, -0.15) is 0 Å². The van der Waals surface area contributed by atoms with Gasteiger partial charge in [0.2, 0.25) is 5.89 Å². The van der Waals surface area contributed by atoms with E-state index in [1.807, 2.05) is 0 Å². The quantitative estimate of drug-likeness (QED) is 0.166. The van der Waals surface area contributed by atoms with E-state index in [-0.39, 0.29) is 25.0 Å². The Balaban J connectivity index is 1.71. The van der Waals surface area contributed by atoms with Gasteiger partial charge in [-0.1, -0.05) is 71.1 Å². The third kappa shape index (κ3) is 11.7. The fourth-order valence-electron chi connectivity index (χ4n) is 4.10. The molecule has 0 bridgehead atoms. The summed E-state index contributed by atoms with van der Waals surface area (Å²) in [5.74, 6) is 0.624. The Bertz CT molecular complexity index is 822. The first-order chi connectivity index (χ1) is 17.4. The number of nitrogens with zero attached hydrogens (tertiary/aromatic N) is 2. The van der Waals surface area contributed by atoms with Gasteiger partial charge in [0, 0.05) is 12.8 Å². The molecule has 204 valence electrons. The molecule has 0 amide bonds. The molecular weight excluding hydrogens is 464 g/mol. The Labute approximate surface area is 214 Å². The van der Waals surface area contributed by atoms with Gasteiger partial charge in [-0.05, 0) is 13.3 Å². The maximum absolute atomic E-state index is 12.4. The van der Waals surface area contributed by atoms with Crippen molar-refractivity contribution in [2.75, 3.05) is 0 Å². The summed E-state index contributed by atoms with van der Waals surface area (Å²) in [4.78, 5) is 20.3. The topological polar surface area (TPSA) is 139 Å². The molecule has 0 aromatic carbocycles. The Kier molecular flexibility index (Phi) is 14.4. The van der Waals surface area contributed by atoms with E-state index < -0.39 is 30.4 Å². The number of hydrogen-bond donors (Lipinski definition) is 3. The number of aliphatic hydroxyl groups excluding tert-OH is 3. The normalized spacial score (nSPS) is 14.9. The largest absolute Gasteiger partial charge is 0.459 e. The second kappa shape index (κ2) is 17.3. The van der Waals surface area contributed by atoms with Gasteiger partial charge in [0.25, 0.3) is 0 Å². The lowest BCUT2D eigenvalue weighted by atomic mass is 10.0. The molecule has 2 aromatic rings. The summed E-state index contributed by atoms with van der Waals surface area (Å²) in [5.41, 5.74) is 0. The predicted octanol–water partition coefficient (Wildman–Crippen LogP) is 5.03. The van der Waals surface area contributed by atoms with E-state index in [0.29, 0.717) is 18.1 Å². The number of hydrogen-bond acceptors (Lipinski definition) is 9. The van der Waals surface area contributed by atoms with E-state index >= 15 is 0 Å². The molecule has 4 atom stereocenters. The number of ether oxygens (including phenoxy) is 1. The van der Waals surface area contributed by atoms with Crippen molar-refractivity contribution in [3.05, 3.63) is 36.2 Å². The van der Waals surface area contributed by atoms with Crippen molar-refractivity contribution in [2.24, 2.45) is 0 Å². The van der Waals surface area contributed by atoms with Gasteiger partial charge >= 0.3 is 5.97 Å². The highest BCUT2D eigenvalue weighted by Gasteiger charge is 2.31. The van der Waals surface area contributed by atoms with Crippen LogP contribution in [0, 0.1) is 0 Å². The number of carbonyl (C=O) groups is 1. The standard InChI is InChI=1S/C27H44N2O7/c1-3-4-5-6-7-8-9-10-11-12-13-14-26(32)36-23(27(33)20(2)30)16-22(31)24-18-29-25(35-24)15-21-17-28-19-34-21/h17-20,22-23,27,30-31,33H,3-16H2,1-2H3. The Morgan fingerprint density at radius 3 is 2.19 bits per heavy atom. The number of unbranched alkanes of at least 4 members (excludes halogenated alkanes) is 10. The second-order valence-electron chi connectivity index (χ2n) is 9.60. The predicted molar refractivity (Wildman–Crippen MR) is 134 cm³/mol. The van der Waals surface area contributed by atoms with Crippen molar-refractivity contribution < 1.29 is 33.7 Å². The molecule has 0 saturated heterocycles. The SMILES string of the molecule is CCCCCCCCCCCCCC(=O)OC(CC(O)c1cnc(Cc2cnco2)o1)C(O)C(C)O. The fourth-order valence-corrected chi connectivity index (χ4v) is 4.10. The van der Waals surface area contributed by atoms with Crippen LogP contribution in [0.15, 0.2) is 27.6 Å². The Hall–Kier alpha value is -2.23. The Morgan fingerprint density at radius 2 is 1.61 bits per heavy atom. The minimum Gasteiger partial charge on any atom is -0.459 e. The zero-order valence-electron chi connectivity index (χ0n) is 21.8. The average molecular weight is 509 g/mol. The summed E-state index contributed by atoms with van der Waals surface area (Å²) in [6.07, 6.45) is 12.9. The summed E-state index contributed by atoms with van der Waals surface area (Å²) in [6.45, 7) is 3.64. The molecule has 9 nitrogen and oxygen atoms in total. The number of aromatic nitrogens is 2. The summed E-state index contributed by atoms with van der Waals surface area (Å²) >= 11 is 0. The van der Waals surface area contributed by atoms with E-state index in [4.69, 9.17) is 13.6 Å². The molecule has 2 rings (SSSR count). The van der Waals surface area contributed by atoms with Crippen molar-refractivity contribution in [1.29, 1.82) is 0 Å². The summed E-state index contributed by atoms with van der Waals surface area (Å²) in [6, 6.07) is 0. The lowest BCUT2D eigenvalue weighted by Crippen LogP contribution is -2.39. The minimum absolute atomic E-state index is 0.132. The van der Waals surface area contributed by atoms with Crippen molar-refractivity contribution in [1.82, 2.24) is 9.97 Å². The van der Waals surface area contributed by atoms with Crippen LogP contribution in [-0.2, 0) is 16.0 Å². The molecule has 3 N–H and O–H groups in total. The van der Waals surface area contributed by atoms with Gasteiger partial charge < -0.3 is 28.9 Å². The Morgan fingerprint density at radius 1 is 0.972 bits per heavy atom. The smallest absolute Gasteiger partial charge is 0.306 e. The molecule has 0 spiro atoms. The maximum Gasteiger partial charge on any atom is 0.306 e. The highest BCUT2D eigenvalue weighted by Crippen LogP contribution is 2.24. The zero-order valence-corrected chi connectivity index (χ0v) is 21.8. The van der Waals surface area contributed by atoms with E-state index in [1.165, 1.54) is 70.9 Å². The molecule has 4 unspecified atom stereocenters. The molecule has 0 aliphatic heterocycles. The molecule has 0 radical (unpaired) electrons. The highest BCUT2D eigenvalue weighted by molar-refractivity contribution is 5.69. The average Bonchev–Trinajstić information content (AvgIpc) is 3.54. The van der Waals surface area contributed by atoms with Gasteiger partial charge in [0.15, 0.2) is 12.2 Å². The summed E-state index contributed by atoms with van der Waals surface area (Å²) in [5, 5.41) is 30.8. The molecule has 36 heavy (non-hydrogen) atoms. The van der Waals surface area contributed by atoms with Crippen LogP contribution in [0.2, 0.25) is 0 Å². The highest BCUT2D eigenvalue weighted by atomic mass is 16.6. The lowest BCUT2D eigenvalue weighted by Gasteiger charge is -2.26. The van der Waals surface area contributed by atoms with Crippen molar-refractivity contribution >= 4 is 5.97 Å². The minimum atomic E-state index is -1.34. The van der Waals surface area contributed by atoms with Gasteiger partial charge in [-0.15, -0.1) is 0 Å². The van der Waals surface area contributed by atoms with Crippen molar-refractivity contribution in [2.45, 2.75) is 128 Å². The molecule has 2 aromatic heterocycles. The molecule has 0 fully saturated rings. The number of carbonyl (C=O) groups excluding carboxylic acids is 1. The molecule has 0 aliphatic carbocycles. The first-order valence-corrected chi connectivity index (χ1v) is 13.5.